The summed E-state index contributed by atoms with van der Waals surface area (Å²) in [6.45, 7) is 7.73. The number of hydrogen-bond acceptors (Lipinski definition) is 4. The number of carbonyl (C=O) groups excluding carboxylic acids is 2. The average Bonchev–Trinajstić information content (AvgIpc) is 2.94. The van der Waals surface area contributed by atoms with Gasteiger partial charge in [0, 0.05) is 18.1 Å². The number of anilines is 1. The number of hydrogen-bond donors (Lipinski definition) is 1. The zero-order valence-corrected chi connectivity index (χ0v) is 25.1. The molecule has 0 bridgehead atoms. The van der Waals surface area contributed by atoms with E-state index in [-0.39, 0.29) is 17.3 Å². The molecule has 7 nitrogen and oxygen atoms in total. The van der Waals surface area contributed by atoms with Gasteiger partial charge in [-0.1, -0.05) is 74.3 Å². The molecule has 0 saturated heterocycles. The summed E-state index contributed by atoms with van der Waals surface area (Å²) in [5, 5.41) is 3.49. The first-order chi connectivity index (χ1) is 19.1. The van der Waals surface area contributed by atoms with Crippen LogP contribution < -0.4 is 9.62 Å². The van der Waals surface area contributed by atoms with E-state index in [0.717, 1.165) is 28.3 Å². The fourth-order valence-corrected chi connectivity index (χ4v) is 6.05. The summed E-state index contributed by atoms with van der Waals surface area (Å²) >= 11 is 6.08. The van der Waals surface area contributed by atoms with Crippen molar-refractivity contribution in [1.29, 1.82) is 0 Å². The molecular formula is C31H38ClN3O4S. The number of rotatable bonds is 13. The van der Waals surface area contributed by atoms with E-state index < -0.39 is 28.5 Å². The van der Waals surface area contributed by atoms with Crippen LogP contribution >= 0.6 is 11.6 Å². The standard InChI is InChI=1S/C31H38ClN3O4S/c1-5-7-19-33-31(37)28(6-2)34(21-25-15-17-26(32)18-16-25)30(36)22-35(29-20-23(3)13-14-24(29)4)40(38,39)27-11-9-8-10-12-27/h8-18,20,28H,5-7,19,21-22H2,1-4H3,(H,33,37)/t28-/m0/s1. The normalized spacial score (nSPS) is 12.0. The van der Waals surface area contributed by atoms with E-state index >= 15 is 0 Å². The molecule has 3 aromatic carbocycles. The quantitative estimate of drug-likeness (QED) is 0.255. The third-order valence-corrected chi connectivity index (χ3v) is 8.75. The van der Waals surface area contributed by atoms with Crippen LogP contribution in [0.3, 0.4) is 0 Å². The highest BCUT2D eigenvalue weighted by Crippen LogP contribution is 2.28. The molecule has 1 N–H and O–H groups in total. The number of carbonyl (C=O) groups is 2. The van der Waals surface area contributed by atoms with Crippen LogP contribution in [0.4, 0.5) is 5.69 Å². The second kappa shape index (κ2) is 14.3. The highest BCUT2D eigenvalue weighted by Gasteiger charge is 2.34. The topological polar surface area (TPSA) is 86.8 Å². The summed E-state index contributed by atoms with van der Waals surface area (Å²) in [6, 6.07) is 19.8. The Morgan fingerprint density at radius 2 is 1.62 bits per heavy atom. The molecule has 2 amide bonds. The summed E-state index contributed by atoms with van der Waals surface area (Å²) in [6.07, 6.45) is 2.11. The predicted molar refractivity (Wildman–Crippen MR) is 161 cm³/mol. The van der Waals surface area contributed by atoms with Gasteiger partial charge in [0.25, 0.3) is 10.0 Å². The lowest BCUT2D eigenvalue weighted by atomic mass is 10.1. The molecular weight excluding hydrogens is 546 g/mol. The Balaban J connectivity index is 2.06. The summed E-state index contributed by atoms with van der Waals surface area (Å²) in [4.78, 5) is 28.9. The van der Waals surface area contributed by atoms with Crippen LogP contribution in [0.1, 0.15) is 49.8 Å². The second-order valence-corrected chi connectivity index (χ2v) is 12.1. The number of unbranched alkanes of at least 4 members (excludes halogenated alkanes) is 1. The SMILES string of the molecule is CCCCNC(=O)[C@H](CC)N(Cc1ccc(Cl)cc1)C(=O)CN(c1cc(C)ccc1C)S(=O)(=O)c1ccccc1. The molecule has 0 fully saturated rings. The molecule has 40 heavy (non-hydrogen) atoms. The Labute approximate surface area is 243 Å². The van der Waals surface area contributed by atoms with Crippen molar-refractivity contribution in [3.8, 4) is 0 Å². The first-order valence-corrected chi connectivity index (χ1v) is 15.4. The van der Waals surface area contributed by atoms with E-state index in [4.69, 9.17) is 11.6 Å². The molecule has 9 heteroatoms. The molecule has 0 saturated carbocycles. The maximum absolute atomic E-state index is 14.1. The van der Waals surface area contributed by atoms with Crippen molar-refractivity contribution >= 4 is 39.1 Å². The van der Waals surface area contributed by atoms with Gasteiger partial charge in [0.2, 0.25) is 11.8 Å². The Bertz CT molecular complexity index is 1400. The van der Waals surface area contributed by atoms with E-state index in [1.165, 1.54) is 17.0 Å². The van der Waals surface area contributed by atoms with Crippen LogP contribution in [0, 0.1) is 13.8 Å². The van der Waals surface area contributed by atoms with E-state index in [9.17, 15) is 18.0 Å². The zero-order valence-electron chi connectivity index (χ0n) is 23.6. The zero-order chi connectivity index (χ0) is 29.3. The van der Waals surface area contributed by atoms with Crippen molar-refractivity contribution in [3.05, 3.63) is 94.5 Å². The van der Waals surface area contributed by atoms with E-state index in [0.29, 0.717) is 29.2 Å². The fourth-order valence-electron chi connectivity index (χ4n) is 4.43. The van der Waals surface area contributed by atoms with Gasteiger partial charge in [0.15, 0.2) is 0 Å². The Kier molecular flexibility index (Phi) is 11.2. The lowest BCUT2D eigenvalue weighted by Crippen LogP contribution is -2.52. The van der Waals surface area contributed by atoms with Crippen molar-refractivity contribution in [3.63, 3.8) is 0 Å². The Hall–Kier alpha value is -3.36. The minimum absolute atomic E-state index is 0.0808. The van der Waals surface area contributed by atoms with Gasteiger partial charge in [-0.2, -0.15) is 0 Å². The molecule has 0 heterocycles. The van der Waals surface area contributed by atoms with Crippen LogP contribution in [0.2, 0.25) is 5.02 Å². The number of nitrogens with zero attached hydrogens (tertiary/aromatic N) is 2. The van der Waals surface area contributed by atoms with E-state index in [1.54, 1.807) is 48.5 Å². The van der Waals surface area contributed by atoms with Crippen LogP contribution in [0.25, 0.3) is 0 Å². The Morgan fingerprint density at radius 3 is 2.25 bits per heavy atom. The maximum Gasteiger partial charge on any atom is 0.264 e. The number of nitrogens with one attached hydrogen (secondary N) is 1. The third kappa shape index (κ3) is 7.86. The van der Waals surface area contributed by atoms with Gasteiger partial charge in [-0.15, -0.1) is 0 Å². The average molecular weight is 584 g/mol. The summed E-state index contributed by atoms with van der Waals surface area (Å²) in [5.74, 6) is -0.740. The van der Waals surface area contributed by atoms with Crippen LogP contribution in [0.15, 0.2) is 77.7 Å². The smallest absolute Gasteiger partial charge is 0.264 e. The van der Waals surface area contributed by atoms with Gasteiger partial charge in [-0.05, 0) is 73.7 Å². The number of aryl methyl sites for hydroxylation is 2. The van der Waals surface area contributed by atoms with Crippen molar-refractivity contribution in [2.24, 2.45) is 0 Å². The van der Waals surface area contributed by atoms with Gasteiger partial charge in [-0.25, -0.2) is 8.42 Å². The highest BCUT2D eigenvalue weighted by atomic mass is 35.5. The largest absolute Gasteiger partial charge is 0.354 e. The maximum atomic E-state index is 14.1. The molecule has 3 aromatic rings. The van der Waals surface area contributed by atoms with Crippen LogP contribution in [-0.2, 0) is 26.2 Å². The lowest BCUT2D eigenvalue weighted by Gasteiger charge is -2.33. The monoisotopic (exact) mass is 583 g/mol. The molecule has 3 rings (SSSR count). The lowest BCUT2D eigenvalue weighted by molar-refractivity contribution is -0.140. The van der Waals surface area contributed by atoms with Gasteiger partial charge in [0.05, 0.1) is 10.6 Å². The van der Waals surface area contributed by atoms with Gasteiger partial charge < -0.3 is 10.2 Å². The fraction of sp³-hybridized carbons (Fsp3) is 0.355. The molecule has 214 valence electrons. The number of sulfonamides is 1. The number of amides is 2. The van der Waals surface area contributed by atoms with E-state index in [1.807, 2.05) is 39.8 Å². The van der Waals surface area contributed by atoms with Crippen molar-refractivity contribution in [1.82, 2.24) is 10.2 Å². The van der Waals surface area contributed by atoms with E-state index in [2.05, 4.69) is 5.32 Å². The molecule has 0 aromatic heterocycles. The van der Waals surface area contributed by atoms with Crippen LogP contribution in [0.5, 0.6) is 0 Å². The number of halogens is 1. The van der Waals surface area contributed by atoms with Crippen molar-refractivity contribution < 1.29 is 18.0 Å². The van der Waals surface area contributed by atoms with Gasteiger partial charge >= 0.3 is 0 Å². The first-order valence-electron chi connectivity index (χ1n) is 13.5. The summed E-state index contributed by atoms with van der Waals surface area (Å²) < 4.78 is 29.1. The molecule has 1 atom stereocenters. The molecule has 0 aliphatic heterocycles. The molecule has 0 spiro atoms. The first kappa shape index (κ1) is 31.2. The van der Waals surface area contributed by atoms with Crippen molar-refractivity contribution in [2.75, 3.05) is 17.4 Å². The highest BCUT2D eigenvalue weighted by molar-refractivity contribution is 7.92. The molecule has 0 aliphatic rings. The minimum atomic E-state index is -4.10. The third-order valence-electron chi connectivity index (χ3n) is 6.73. The van der Waals surface area contributed by atoms with Crippen LogP contribution in [-0.4, -0.2) is 44.3 Å². The van der Waals surface area contributed by atoms with Gasteiger partial charge in [-0.3, -0.25) is 13.9 Å². The molecule has 0 aliphatic carbocycles. The number of benzene rings is 3. The Morgan fingerprint density at radius 1 is 0.950 bits per heavy atom. The second-order valence-electron chi connectivity index (χ2n) is 9.83. The minimum Gasteiger partial charge on any atom is -0.354 e. The summed E-state index contributed by atoms with van der Waals surface area (Å²) in [7, 11) is -4.10. The van der Waals surface area contributed by atoms with Gasteiger partial charge in [0.1, 0.15) is 12.6 Å². The molecule has 0 unspecified atom stereocenters. The predicted octanol–water partition coefficient (Wildman–Crippen LogP) is 5.88. The molecule has 0 radical (unpaired) electrons. The van der Waals surface area contributed by atoms with Crippen molar-refractivity contribution in [2.45, 2.75) is 64.4 Å². The summed E-state index contributed by atoms with van der Waals surface area (Å²) in [5.41, 5.74) is 2.78.